The number of nitrogens with zero attached hydrogens (tertiary/aromatic N) is 1. The van der Waals surface area contributed by atoms with E-state index in [1.165, 1.54) is 6.08 Å². The number of carbonyl (C=O) groups is 3. The minimum atomic E-state index is -0.806. The largest absolute Gasteiger partial charge is 0.489 e. The first-order valence-electron chi connectivity index (χ1n) is 10.9. The van der Waals surface area contributed by atoms with Gasteiger partial charge in [-0.15, -0.1) is 0 Å². The Morgan fingerprint density at radius 3 is 2.34 bits per heavy atom. The van der Waals surface area contributed by atoms with Gasteiger partial charge in [-0.25, -0.2) is 9.69 Å². The summed E-state index contributed by atoms with van der Waals surface area (Å²) in [6, 6.07) is 26.3. The lowest BCUT2D eigenvalue weighted by Crippen LogP contribution is -2.54. The molecule has 1 N–H and O–H groups in total. The summed E-state index contributed by atoms with van der Waals surface area (Å²) in [5.41, 5.74) is 1.73. The van der Waals surface area contributed by atoms with Crippen LogP contribution < -0.4 is 15.0 Å². The molecule has 0 bridgehead atoms. The second kappa shape index (κ2) is 9.44. The van der Waals surface area contributed by atoms with E-state index in [-0.39, 0.29) is 12.2 Å². The molecule has 0 unspecified atom stereocenters. The van der Waals surface area contributed by atoms with E-state index in [4.69, 9.17) is 16.3 Å². The number of urea groups is 1. The van der Waals surface area contributed by atoms with Crippen molar-refractivity contribution in [3.05, 3.63) is 113 Å². The molecule has 0 aliphatic carbocycles. The number of rotatable bonds is 5. The third-order valence-electron chi connectivity index (χ3n) is 5.67. The number of amides is 4. The predicted octanol–water partition coefficient (Wildman–Crippen LogP) is 5.74. The third kappa shape index (κ3) is 4.52. The second-order valence-electron chi connectivity index (χ2n) is 7.90. The third-order valence-corrected chi connectivity index (χ3v) is 6.04. The Balaban J connectivity index is 1.40. The number of carbonyl (C=O) groups excluding carboxylic acids is 3. The maximum Gasteiger partial charge on any atom is 0.335 e. The van der Waals surface area contributed by atoms with Crippen LogP contribution in [0, 0.1) is 0 Å². The van der Waals surface area contributed by atoms with Crippen molar-refractivity contribution in [2.24, 2.45) is 0 Å². The summed E-state index contributed by atoms with van der Waals surface area (Å²) in [6.45, 7) is 0.272. The summed E-state index contributed by atoms with van der Waals surface area (Å²) in [6.07, 6.45) is 1.51. The molecule has 0 spiro atoms. The van der Waals surface area contributed by atoms with E-state index in [1.54, 1.807) is 30.3 Å². The van der Waals surface area contributed by atoms with Gasteiger partial charge >= 0.3 is 6.03 Å². The molecule has 0 radical (unpaired) electrons. The van der Waals surface area contributed by atoms with Gasteiger partial charge in [0.15, 0.2) is 0 Å². The van der Waals surface area contributed by atoms with Crippen molar-refractivity contribution in [3.8, 4) is 5.75 Å². The molecule has 0 saturated carbocycles. The van der Waals surface area contributed by atoms with Gasteiger partial charge in [-0.1, -0.05) is 72.3 Å². The van der Waals surface area contributed by atoms with Crippen molar-refractivity contribution in [1.29, 1.82) is 0 Å². The fourth-order valence-electron chi connectivity index (χ4n) is 3.89. The fourth-order valence-corrected chi connectivity index (χ4v) is 4.08. The van der Waals surface area contributed by atoms with Gasteiger partial charge in [-0.05, 0) is 52.7 Å². The molecule has 0 aromatic heterocycles. The van der Waals surface area contributed by atoms with Gasteiger partial charge in [0.1, 0.15) is 17.9 Å². The average molecular weight is 483 g/mol. The van der Waals surface area contributed by atoms with E-state index in [0.29, 0.717) is 22.0 Å². The number of nitrogens with one attached hydrogen (secondary N) is 1. The van der Waals surface area contributed by atoms with E-state index >= 15 is 0 Å². The smallest absolute Gasteiger partial charge is 0.335 e. The molecule has 6 nitrogen and oxygen atoms in total. The molecule has 35 heavy (non-hydrogen) atoms. The molecule has 5 rings (SSSR count). The Morgan fingerprint density at radius 1 is 0.829 bits per heavy atom. The summed E-state index contributed by atoms with van der Waals surface area (Å²) in [7, 11) is 0. The van der Waals surface area contributed by atoms with E-state index in [9.17, 15) is 14.4 Å². The molecule has 4 aromatic carbocycles. The number of hydrogen-bond donors (Lipinski definition) is 1. The molecule has 4 aromatic rings. The highest BCUT2D eigenvalue weighted by molar-refractivity contribution is 6.39. The van der Waals surface area contributed by atoms with Crippen LogP contribution in [0.3, 0.4) is 0 Å². The van der Waals surface area contributed by atoms with Gasteiger partial charge in [0.05, 0.1) is 5.69 Å². The summed E-state index contributed by atoms with van der Waals surface area (Å²) in [5.74, 6) is -0.888. The molecule has 1 heterocycles. The predicted molar refractivity (Wildman–Crippen MR) is 135 cm³/mol. The molecular weight excluding hydrogens is 464 g/mol. The first kappa shape index (κ1) is 22.4. The quantitative estimate of drug-likeness (QED) is 0.291. The molecule has 7 heteroatoms. The van der Waals surface area contributed by atoms with Crippen molar-refractivity contribution >= 4 is 52.0 Å². The number of anilines is 1. The zero-order valence-corrected chi connectivity index (χ0v) is 19.2. The van der Waals surface area contributed by atoms with E-state index in [0.717, 1.165) is 21.2 Å². The standard InChI is InChI=1S/C28H19ClN2O4/c29-25-11-4-2-7-20(25)17-35-22-14-12-21(13-15-22)31-27(33)24(26(32)30-28(31)34)16-19-9-5-8-18-6-1-3-10-23(18)19/h1-16H,17H2,(H,30,32,34)/b24-16+. The van der Waals surface area contributed by atoms with Crippen molar-refractivity contribution in [2.45, 2.75) is 6.61 Å². The van der Waals surface area contributed by atoms with Crippen LogP contribution in [0.25, 0.3) is 16.8 Å². The number of fused-ring (bicyclic) bond motifs is 1. The molecule has 0 atom stereocenters. The molecule has 1 saturated heterocycles. The van der Waals surface area contributed by atoms with Crippen LogP contribution in [0.15, 0.2) is 96.6 Å². The molecule has 172 valence electrons. The maximum absolute atomic E-state index is 13.3. The molecule has 1 aliphatic heterocycles. The van der Waals surface area contributed by atoms with Crippen LogP contribution in [0.4, 0.5) is 10.5 Å². The van der Waals surface area contributed by atoms with E-state index in [2.05, 4.69) is 5.32 Å². The topological polar surface area (TPSA) is 75.7 Å². The van der Waals surface area contributed by atoms with Crippen LogP contribution >= 0.6 is 11.6 Å². The molecule has 4 amide bonds. The number of halogens is 1. The van der Waals surface area contributed by atoms with E-state index < -0.39 is 17.8 Å². The number of ether oxygens (including phenoxy) is 1. The average Bonchev–Trinajstić information content (AvgIpc) is 2.87. The van der Waals surface area contributed by atoms with Crippen molar-refractivity contribution in [1.82, 2.24) is 5.32 Å². The Hall–Kier alpha value is -4.42. The van der Waals surface area contributed by atoms with Gasteiger partial charge in [0.2, 0.25) is 0 Å². The first-order chi connectivity index (χ1) is 17.0. The van der Waals surface area contributed by atoms with Gasteiger partial charge in [-0.3, -0.25) is 14.9 Å². The number of hydrogen-bond acceptors (Lipinski definition) is 4. The highest BCUT2D eigenvalue weighted by atomic mass is 35.5. The van der Waals surface area contributed by atoms with Crippen molar-refractivity contribution in [2.75, 3.05) is 4.90 Å². The van der Waals surface area contributed by atoms with E-state index in [1.807, 2.05) is 60.7 Å². The van der Waals surface area contributed by atoms with Crippen LogP contribution in [0.5, 0.6) is 5.75 Å². The lowest BCUT2D eigenvalue weighted by molar-refractivity contribution is -0.122. The minimum Gasteiger partial charge on any atom is -0.489 e. The zero-order valence-electron chi connectivity index (χ0n) is 18.4. The van der Waals surface area contributed by atoms with Crippen LogP contribution in [0.2, 0.25) is 5.02 Å². The Labute approximate surface area is 206 Å². The highest BCUT2D eigenvalue weighted by Gasteiger charge is 2.36. The van der Waals surface area contributed by atoms with Gasteiger partial charge in [0.25, 0.3) is 11.8 Å². The zero-order chi connectivity index (χ0) is 24.4. The number of imide groups is 2. The molecular formula is C28H19ClN2O4. The lowest BCUT2D eigenvalue weighted by atomic mass is 10.0. The number of benzene rings is 4. The summed E-state index contributed by atoms with van der Waals surface area (Å²) in [4.78, 5) is 39.3. The second-order valence-corrected chi connectivity index (χ2v) is 8.31. The van der Waals surface area contributed by atoms with Gasteiger partial charge in [-0.2, -0.15) is 0 Å². The Kier molecular flexibility index (Phi) is 6.04. The molecule has 1 fully saturated rings. The fraction of sp³-hybridized carbons (Fsp3) is 0.0357. The van der Waals surface area contributed by atoms with Crippen molar-refractivity contribution in [3.63, 3.8) is 0 Å². The Morgan fingerprint density at radius 2 is 1.54 bits per heavy atom. The Bertz CT molecular complexity index is 1490. The van der Waals surface area contributed by atoms with Crippen LogP contribution in [-0.2, 0) is 16.2 Å². The minimum absolute atomic E-state index is 0.125. The molecule has 1 aliphatic rings. The van der Waals surface area contributed by atoms with Gasteiger partial charge in [0, 0.05) is 10.6 Å². The monoisotopic (exact) mass is 482 g/mol. The highest BCUT2D eigenvalue weighted by Crippen LogP contribution is 2.27. The first-order valence-corrected chi connectivity index (χ1v) is 11.2. The summed E-state index contributed by atoms with van der Waals surface area (Å²) < 4.78 is 5.77. The summed E-state index contributed by atoms with van der Waals surface area (Å²) >= 11 is 6.16. The van der Waals surface area contributed by atoms with Crippen molar-refractivity contribution < 1.29 is 19.1 Å². The lowest BCUT2D eigenvalue weighted by Gasteiger charge is -2.26. The van der Waals surface area contributed by atoms with Crippen LogP contribution in [-0.4, -0.2) is 17.8 Å². The number of barbiturate groups is 1. The normalized spacial score (nSPS) is 14.9. The summed E-state index contributed by atoms with van der Waals surface area (Å²) in [5, 5.41) is 4.74. The SMILES string of the molecule is O=C1NC(=O)N(c2ccc(OCc3ccccc3Cl)cc2)C(=O)/C1=C/c1cccc2ccccc12. The van der Waals surface area contributed by atoms with Gasteiger partial charge < -0.3 is 4.74 Å². The van der Waals surface area contributed by atoms with Crippen LogP contribution in [0.1, 0.15) is 11.1 Å². The maximum atomic E-state index is 13.3.